The Morgan fingerprint density at radius 1 is 1.36 bits per heavy atom. The van der Waals surface area contributed by atoms with Crippen LogP contribution in [0.15, 0.2) is 24.3 Å². The third kappa shape index (κ3) is 3.42. The number of nitrogens with two attached hydrogens (primary N) is 1. The summed E-state index contributed by atoms with van der Waals surface area (Å²) in [6.45, 7) is 3.67. The molecule has 4 atom stereocenters. The van der Waals surface area contributed by atoms with Gasteiger partial charge in [-0.1, -0.05) is 36.7 Å². The molecule has 2 aliphatic rings. The predicted octanol–water partition coefficient (Wildman–Crippen LogP) is 3.45. The van der Waals surface area contributed by atoms with Crippen LogP contribution in [-0.2, 0) is 4.79 Å². The summed E-state index contributed by atoms with van der Waals surface area (Å²) in [4.78, 5) is 14.8. The molecule has 1 heterocycles. The lowest BCUT2D eigenvalue weighted by molar-refractivity contribution is -0.136. The summed E-state index contributed by atoms with van der Waals surface area (Å²) in [5, 5.41) is 0.778. The number of hydrogen-bond acceptors (Lipinski definition) is 2. The van der Waals surface area contributed by atoms with Crippen LogP contribution < -0.4 is 5.73 Å². The number of carbonyl (C=O) groups excluding carboxylic acids is 1. The molecule has 1 aromatic rings. The molecule has 2 N–H and O–H groups in total. The summed E-state index contributed by atoms with van der Waals surface area (Å²) in [5.41, 5.74) is 6.99. The average molecular weight is 343 g/mol. The highest BCUT2D eigenvalue weighted by Gasteiger charge is 2.47. The van der Waals surface area contributed by atoms with E-state index in [0.717, 1.165) is 36.4 Å². The summed E-state index contributed by atoms with van der Waals surface area (Å²) in [5.74, 6) is 1.35. The van der Waals surface area contributed by atoms with E-state index in [2.05, 4.69) is 6.92 Å². The molecule has 1 aliphatic carbocycles. The molecule has 1 aliphatic heterocycles. The molecule has 5 heteroatoms. The number of rotatable bonds is 3. The fraction of sp³-hybridized carbons (Fsp3) is 0.588. The monoisotopic (exact) mass is 342 g/mol. The molecule has 0 radical (unpaired) electrons. The van der Waals surface area contributed by atoms with E-state index in [1.54, 1.807) is 0 Å². The Bertz CT molecular complexity index is 537. The van der Waals surface area contributed by atoms with E-state index in [9.17, 15) is 4.79 Å². The molecular weight excluding hydrogens is 319 g/mol. The van der Waals surface area contributed by atoms with Gasteiger partial charge in [-0.15, -0.1) is 12.4 Å². The van der Waals surface area contributed by atoms with E-state index in [-0.39, 0.29) is 30.3 Å². The normalized spacial score (nSPS) is 30.6. The SMILES string of the molecule is CC1CCN(C(=O)C2CC2c2ccccc2Cl)C(CN)C1.Cl. The van der Waals surface area contributed by atoms with Gasteiger partial charge in [-0.05, 0) is 42.7 Å². The van der Waals surface area contributed by atoms with E-state index in [4.69, 9.17) is 17.3 Å². The zero-order chi connectivity index (χ0) is 15.0. The van der Waals surface area contributed by atoms with Crippen LogP contribution in [0.2, 0.25) is 5.02 Å². The van der Waals surface area contributed by atoms with Gasteiger partial charge >= 0.3 is 0 Å². The molecular formula is C17H24Cl2N2O. The maximum absolute atomic E-state index is 12.8. The van der Waals surface area contributed by atoms with Gasteiger partial charge < -0.3 is 10.6 Å². The maximum atomic E-state index is 12.8. The van der Waals surface area contributed by atoms with Crippen molar-refractivity contribution in [2.45, 2.75) is 38.1 Å². The molecule has 1 saturated heterocycles. The van der Waals surface area contributed by atoms with Crippen molar-refractivity contribution in [3.05, 3.63) is 34.9 Å². The zero-order valence-corrected chi connectivity index (χ0v) is 14.4. The van der Waals surface area contributed by atoms with Crippen LogP contribution in [0.4, 0.5) is 0 Å². The summed E-state index contributed by atoms with van der Waals surface area (Å²) < 4.78 is 0. The van der Waals surface area contributed by atoms with Gasteiger partial charge in [0.25, 0.3) is 0 Å². The molecule has 0 spiro atoms. The number of benzene rings is 1. The second-order valence-electron chi connectivity index (χ2n) is 6.52. The molecule has 0 aromatic heterocycles. The largest absolute Gasteiger partial charge is 0.338 e. The number of piperidine rings is 1. The predicted molar refractivity (Wildman–Crippen MR) is 92.5 cm³/mol. The number of halogens is 2. The van der Waals surface area contributed by atoms with Crippen LogP contribution in [0.25, 0.3) is 0 Å². The fourth-order valence-corrected chi connectivity index (χ4v) is 3.84. The van der Waals surface area contributed by atoms with Gasteiger partial charge in [0.1, 0.15) is 0 Å². The fourth-order valence-electron chi connectivity index (χ4n) is 3.57. The summed E-state index contributed by atoms with van der Waals surface area (Å²) in [6, 6.07) is 8.09. The van der Waals surface area contributed by atoms with Gasteiger partial charge in [-0.2, -0.15) is 0 Å². The van der Waals surface area contributed by atoms with Crippen molar-refractivity contribution in [1.29, 1.82) is 0 Å². The van der Waals surface area contributed by atoms with Gasteiger partial charge in [-0.3, -0.25) is 4.79 Å². The Balaban J connectivity index is 0.00000176. The third-order valence-electron chi connectivity index (χ3n) is 4.95. The molecule has 4 unspecified atom stereocenters. The maximum Gasteiger partial charge on any atom is 0.226 e. The lowest BCUT2D eigenvalue weighted by Crippen LogP contribution is -2.49. The first-order valence-corrected chi connectivity index (χ1v) is 8.24. The summed E-state index contributed by atoms with van der Waals surface area (Å²) in [6.07, 6.45) is 3.04. The first-order chi connectivity index (χ1) is 10.1. The van der Waals surface area contributed by atoms with E-state index in [1.165, 1.54) is 0 Å². The highest BCUT2D eigenvalue weighted by atomic mass is 35.5. The zero-order valence-electron chi connectivity index (χ0n) is 12.9. The number of amides is 1. The van der Waals surface area contributed by atoms with Crippen LogP contribution in [0.5, 0.6) is 0 Å². The van der Waals surface area contributed by atoms with Crippen molar-refractivity contribution in [3.63, 3.8) is 0 Å². The van der Waals surface area contributed by atoms with Crippen molar-refractivity contribution in [2.75, 3.05) is 13.1 Å². The molecule has 2 fully saturated rings. The van der Waals surface area contributed by atoms with E-state index >= 15 is 0 Å². The molecule has 1 saturated carbocycles. The smallest absolute Gasteiger partial charge is 0.226 e. The summed E-state index contributed by atoms with van der Waals surface area (Å²) >= 11 is 6.25. The van der Waals surface area contributed by atoms with Crippen LogP contribution in [0.3, 0.4) is 0 Å². The lowest BCUT2D eigenvalue weighted by Gasteiger charge is -2.38. The highest BCUT2D eigenvalue weighted by molar-refractivity contribution is 6.31. The Morgan fingerprint density at radius 2 is 2.09 bits per heavy atom. The number of hydrogen-bond donors (Lipinski definition) is 1. The first-order valence-electron chi connectivity index (χ1n) is 7.86. The minimum absolute atomic E-state index is 0. The minimum Gasteiger partial charge on any atom is -0.338 e. The average Bonchev–Trinajstić information content (AvgIpc) is 3.27. The van der Waals surface area contributed by atoms with E-state index < -0.39 is 0 Å². The molecule has 122 valence electrons. The lowest BCUT2D eigenvalue weighted by atomic mass is 9.92. The van der Waals surface area contributed by atoms with E-state index in [1.807, 2.05) is 29.2 Å². The Hall–Kier alpha value is -0.770. The number of nitrogens with zero attached hydrogens (tertiary/aromatic N) is 1. The standard InChI is InChI=1S/C17H23ClN2O.ClH/c1-11-6-7-20(12(8-11)10-19)17(21)15-9-14(15)13-4-2-3-5-16(13)18;/h2-5,11-12,14-15H,6-10,19H2,1H3;1H. The van der Waals surface area contributed by atoms with Crippen molar-refractivity contribution >= 4 is 29.9 Å². The summed E-state index contributed by atoms with van der Waals surface area (Å²) in [7, 11) is 0. The van der Waals surface area contributed by atoms with Crippen molar-refractivity contribution in [1.82, 2.24) is 4.90 Å². The van der Waals surface area contributed by atoms with Gasteiger partial charge in [0.15, 0.2) is 0 Å². The van der Waals surface area contributed by atoms with Crippen LogP contribution >= 0.6 is 24.0 Å². The van der Waals surface area contributed by atoms with Crippen molar-refractivity contribution < 1.29 is 4.79 Å². The van der Waals surface area contributed by atoms with Crippen LogP contribution in [0.1, 0.15) is 37.7 Å². The van der Waals surface area contributed by atoms with E-state index in [0.29, 0.717) is 18.4 Å². The van der Waals surface area contributed by atoms with Gasteiger partial charge in [0, 0.05) is 30.1 Å². The molecule has 3 rings (SSSR count). The Labute approximate surface area is 143 Å². The number of carbonyl (C=O) groups is 1. The quantitative estimate of drug-likeness (QED) is 0.914. The number of likely N-dealkylation sites (tertiary alicyclic amines) is 1. The van der Waals surface area contributed by atoms with Gasteiger partial charge in [-0.25, -0.2) is 0 Å². The second-order valence-corrected chi connectivity index (χ2v) is 6.93. The van der Waals surface area contributed by atoms with Gasteiger partial charge in [0.2, 0.25) is 5.91 Å². The van der Waals surface area contributed by atoms with Crippen LogP contribution in [-0.4, -0.2) is 29.9 Å². The topological polar surface area (TPSA) is 46.3 Å². The molecule has 1 aromatic carbocycles. The third-order valence-corrected chi connectivity index (χ3v) is 5.29. The highest BCUT2D eigenvalue weighted by Crippen LogP contribution is 2.50. The van der Waals surface area contributed by atoms with Gasteiger partial charge in [0.05, 0.1) is 0 Å². The molecule has 0 bridgehead atoms. The Kier molecular flexibility index (Phi) is 5.76. The Morgan fingerprint density at radius 3 is 2.77 bits per heavy atom. The van der Waals surface area contributed by atoms with Crippen molar-refractivity contribution in [3.8, 4) is 0 Å². The molecule has 1 amide bonds. The molecule has 22 heavy (non-hydrogen) atoms. The van der Waals surface area contributed by atoms with Crippen molar-refractivity contribution in [2.24, 2.45) is 17.6 Å². The second kappa shape index (κ2) is 7.20. The van der Waals surface area contributed by atoms with Crippen LogP contribution in [0, 0.1) is 11.8 Å². The first kappa shape index (κ1) is 17.6. The molecule has 3 nitrogen and oxygen atoms in total. The minimum atomic E-state index is 0.